The van der Waals surface area contributed by atoms with Crippen LogP contribution in [-0.4, -0.2) is 12.1 Å². The van der Waals surface area contributed by atoms with E-state index in [2.05, 4.69) is 17.1 Å². The number of ether oxygens (including phenoxy) is 1. The van der Waals surface area contributed by atoms with Crippen molar-refractivity contribution in [2.75, 3.05) is 12.8 Å². The summed E-state index contributed by atoms with van der Waals surface area (Å²) >= 11 is 0. The van der Waals surface area contributed by atoms with Crippen molar-refractivity contribution in [1.82, 2.24) is 4.98 Å². The Labute approximate surface area is 105 Å². The zero-order chi connectivity index (χ0) is 12.5. The fourth-order valence-corrected chi connectivity index (χ4v) is 2.11. The number of hydrogen-bond acceptors (Lipinski definition) is 2. The zero-order valence-electron chi connectivity index (χ0n) is 10.1. The van der Waals surface area contributed by atoms with E-state index in [0.29, 0.717) is 0 Å². The van der Waals surface area contributed by atoms with Gasteiger partial charge in [-0.2, -0.15) is 0 Å². The Hall–Kier alpha value is -2.42. The Morgan fingerprint density at radius 1 is 1.06 bits per heavy atom. The first-order valence-corrected chi connectivity index (χ1v) is 5.79. The standard InChI is InChI=1S/C15H14N2O/c1-18-12-7-5-10(6-8-12)14-9-11-3-2-4-13(16)15(11)17-14/h2-9,17H,16H2,1H3. The van der Waals surface area contributed by atoms with Gasteiger partial charge in [-0.1, -0.05) is 12.1 Å². The number of hydrogen-bond donors (Lipinski definition) is 2. The molecule has 2 aromatic carbocycles. The van der Waals surface area contributed by atoms with Gasteiger partial charge in [-0.3, -0.25) is 0 Å². The van der Waals surface area contributed by atoms with Crippen LogP contribution < -0.4 is 10.5 Å². The van der Waals surface area contributed by atoms with Crippen LogP contribution in [0.3, 0.4) is 0 Å². The van der Waals surface area contributed by atoms with Crippen molar-refractivity contribution in [3.8, 4) is 17.0 Å². The highest BCUT2D eigenvalue weighted by Gasteiger charge is 2.05. The average molecular weight is 238 g/mol. The molecule has 1 heterocycles. The van der Waals surface area contributed by atoms with Gasteiger partial charge < -0.3 is 15.5 Å². The first-order chi connectivity index (χ1) is 8.78. The molecule has 0 bridgehead atoms. The van der Waals surface area contributed by atoms with Crippen LogP contribution in [0.25, 0.3) is 22.2 Å². The molecule has 0 fully saturated rings. The molecule has 0 atom stereocenters. The lowest BCUT2D eigenvalue weighted by Gasteiger charge is -2.01. The predicted molar refractivity (Wildman–Crippen MR) is 74.7 cm³/mol. The number of nitrogen functional groups attached to an aromatic ring is 1. The molecule has 3 aromatic rings. The minimum absolute atomic E-state index is 0.771. The van der Waals surface area contributed by atoms with Crippen LogP contribution in [0.15, 0.2) is 48.5 Å². The predicted octanol–water partition coefficient (Wildman–Crippen LogP) is 3.43. The summed E-state index contributed by atoms with van der Waals surface area (Å²) < 4.78 is 5.15. The summed E-state index contributed by atoms with van der Waals surface area (Å²) in [6.45, 7) is 0. The normalized spacial score (nSPS) is 10.7. The maximum Gasteiger partial charge on any atom is 0.118 e. The van der Waals surface area contributed by atoms with Gasteiger partial charge in [0, 0.05) is 11.1 Å². The van der Waals surface area contributed by atoms with Gasteiger partial charge in [0.2, 0.25) is 0 Å². The number of anilines is 1. The lowest BCUT2D eigenvalue weighted by atomic mass is 10.1. The number of nitrogens with one attached hydrogen (secondary N) is 1. The summed E-state index contributed by atoms with van der Waals surface area (Å²) in [6, 6.07) is 16.0. The Bertz CT molecular complexity index is 683. The zero-order valence-corrected chi connectivity index (χ0v) is 10.1. The van der Waals surface area contributed by atoms with Gasteiger partial charge in [0.1, 0.15) is 5.75 Å². The van der Waals surface area contributed by atoms with E-state index in [0.717, 1.165) is 33.6 Å². The van der Waals surface area contributed by atoms with Crippen molar-refractivity contribution in [1.29, 1.82) is 0 Å². The molecule has 1 aromatic heterocycles. The number of fused-ring (bicyclic) bond motifs is 1. The molecule has 3 rings (SSSR count). The minimum Gasteiger partial charge on any atom is -0.497 e. The number of H-pyrrole nitrogens is 1. The lowest BCUT2D eigenvalue weighted by molar-refractivity contribution is 0.415. The number of aromatic nitrogens is 1. The van der Waals surface area contributed by atoms with Crippen molar-refractivity contribution in [2.24, 2.45) is 0 Å². The fraction of sp³-hybridized carbons (Fsp3) is 0.0667. The Morgan fingerprint density at radius 2 is 1.83 bits per heavy atom. The van der Waals surface area contributed by atoms with Gasteiger partial charge in [-0.25, -0.2) is 0 Å². The molecule has 0 aliphatic rings. The Balaban J connectivity index is 2.10. The second kappa shape index (κ2) is 4.11. The van der Waals surface area contributed by atoms with Gasteiger partial charge in [0.15, 0.2) is 0 Å². The van der Waals surface area contributed by atoms with Crippen LogP contribution in [0.1, 0.15) is 0 Å². The van der Waals surface area contributed by atoms with Gasteiger partial charge in [0.05, 0.1) is 18.3 Å². The molecule has 0 radical (unpaired) electrons. The van der Waals surface area contributed by atoms with Crippen LogP contribution in [0, 0.1) is 0 Å². The van der Waals surface area contributed by atoms with Crippen LogP contribution in [0.2, 0.25) is 0 Å². The minimum atomic E-state index is 0.771. The van der Waals surface area contributed by atoms with Crippen molar-refractivity contribution in [3.63, 3.8) is 0 Å². The molecule has 0 saturated carbocycles. The number of rotatable bonds is 2. The summed E-state index contributed by atoms with van der Waals surface area (Å²) in [7, 11) is 1.67. The first kappa shape index (κ1) is 10.7. The third kappa shape index (κ3) is 1.70. The van der Waals surface area contributed by atoms with E-state index in [4.69, 9.17) is 10.5 Å². The molecule has 0 saturated heterocycles. The second-order valence-corrected chi connectivity index (χ2v) is 4.22. The molecular weight excluding hydrogens is 224 g/mol. The molecule has 0 spiro atoms. The quantitative estimate of drug-likeness (QED) is 0.672. The maximum atomic E-state index is 5.94. The van der Waals surface area contributed by atoms with Crippen LogP contribution >= 0.6 is 0 Å². The van der Waals surface area contributed by atoms with E-state index in [9.17, 15) is 0 Å². The molecule has 18 heavy (non-hydrogen) atoms. The van der Waals surface area contributed by atoms with Crippen molar-refractivity contribution >= 4 is 16.6 Å². The Kier molecular flexibility index (Phi) is 2.45. The second-order valence-electron chi connectivity index (χ2n) is 4.22. The molecule has 0 unspecified atom stereocenters. The van der Waals surface area contributed by atoms with Crippen LogP contribution in [-0.2, 0) is 0 Å². The maximum absolute atomic E-state index is 5.94. The number of methoxy groups -OCH3 is 1. The third-order valence-corrected chi connectivity index (χ3v) is 3.09. The lowest BCUT2D eigenvalue weighted by Crippen LogP contribution is -1.85. The van der Waals surface area contributed by atoms with Gasteiger partial charge in [-0.15, -0.1) is 0 Å². The highest BCUT2D eigenvalue weighted by Crippen LogP contribution is 2.28. The smallest absolute Gasteiger partial charge is 0.118 e. The van der Waals surface area contributed by atoms with E-state index >= 15 is 0 Å². The molecular formula is C15H14N2O. The number of nitrogens with two attached hydrogens (primary N) is 1. The van der Waals surface area contributed by atoms with Gasteiger partial charge in [-0.05, 0) is 42.0 Å². The molecule has 90 valence electrons. The van der Waals surface area contributed by atoms with Crippen molar-refractivity contribution in [3.05, 3.63) is 48.5 Å². The molecule has 3 heteroatoms. The molecule has 3 N–H and O–H groups in total. The van der Waals surface area contributed by atoms with Crippen LogP contribution in [0.5, 0.6) is 5.75 Å². The molecule has 3 nitrogen and oxygen atoms in total. The monoisotopic (exact) mass is 238 g/mol. The highest BCUT2D eigenvalue weighted by molar-refractivity contribution is 5.93. The summed E-state index contributed by atoms with van der Waals surface area (Å²) in [5.74, 6) is 0.856. The topological polar surface area (TPSA) is 51.0 Å². The SMILES string of the molecule is COc1ccc(-c2cc3cccc(N)c3[nH]2)cc1. The molecule has 0 aliphatic heterocycles. The number of benzene rings is 2. The van der Waals surface area contributed by atoms with E-state index < -0.39 is 0 Å². The first-order valence-electron chi connectivity index (χ1n) is 5.79. The van der Waals surface area contributed by atoms with E-state index in [1.807, 2.05) is 36.4 Å². The van der Waals surface area contributed by atoms with Crippen molar-refractivity contribution < 1.29 is 4.74 Å². The fourth-order valence-electron chi connectivity index (χ4n) is 2.11. The average Bonchev–Trinajstić information content (AvgIpc) is 2.84. The van der Waals surface area contributed by atoms with Crippen molar-refractivity contribution in [2.45, 2.75) is 0 Å². The number of para-hydroxylation sites is 1. The largest absolute Gasteiger partial charge is 0.497 e. The van der Waals surface area contributed by atoms with Gasteiger partial charge >= 0.3 is 0 Å². The molecule has 0 aliphatic carbocycles. The van der Waals surface area contributed by atoms with Crippen LogP contribution in [0.4, 0.5) is 5.69 Å². The number of aromatic amines is 1. The van der Waals surface area contributed by atoms with Gasteiger partial charge in [0.25, 0.3) is 0 Å². The summed E-state index contributed by atoms with van der Waals surface area (Å²) in [4.78, 5) is 3.35. The van der Waals surface area contributed by atoms with E-state index in [1.54, 1.807) is 7.11 Å². The van der Waals surface area contributed by atoms with E-state index in [-0.39, 0.29) is 0 Å². The third-order valence-electron chi connectivity index (χ3n) is 3.09. The molecule has 0 amide bonds. The Morgan fingerprint density at radius 3 is 2.50 bits per heavy atom. The van der Waals surface area contributed by atoms with E-state index in [1.165, 1.54) is 0 Å². The summed E-state index contributed by atoms with van der Waals surface area (Å²) in [5.41, 5.74) is 9.88. The highest BCUT2D eigenvalue weighted by atomic mass is 16.5. The summed E-state index contributed by atoms with van der Waals surface area (Å²) in [6.07, 6.45) is 0. The summed E-state index contributed by atoms with van der Waals surface area (Å²) in [5, 5.41) is 1.13.